The molecule has 0 heterocycles. The van der Waals surface area contributed by atoms with Gasteiger partial charge in [-0.3, -0.25) is 4.21 Å². The maximum Gasteiger partial charge on any atom is 0.0327 e. The van der Waals surface area contributed by atoms with E-state index >= 15 is 0 Å². The summed E-state index contributed by atoms with van der Waals surface area (Å²) in [6.45, 7) is 2.08. The van der Waals surface area contributed by atoms with E-state index in [4.69, 9.17) is 0 Å². The number of fused-ring (bicyclic) bond motifs is 1. The van der Waals surface area contributed by atoms with Crippen LogP contribution >= 0.6 is 0 Å². The van der Waals surface area contributed by atoms with Gasteiger partial charge in [-0.25, -0.2) is 0 Å². The van der Waals surface area contributed by atoms with Gasteiger partial charge in [0, 0.05) is 4.90 Å². The Hall–Kier alpha value is -1.19. The molecule has 0 radical (unpaired) electrons. The van der Waals surface area contributed by atoms with Crippen molar-refractivity contribution < 1.29 is 8.76 Å². The van der Waals surface area contributed by atoms with Crippen LogP contribution in [-0.2, 0) is 17.5 Å². The molecule has 0 aliphatic heterocycles. The van der Waals surface area contributed by atoms with Gasteiger partial charge in [0.15, 0.2) is 0 Å². The number of hydrogen-bond acceptors (Lipinski definition) is 2. The number of aryl methyl sites for hydroxylation is 1. The van der Waals surface area contributed by atoms with E-state index in [9.17, 15) is 8.76 Å². The van der Waals surface area contributed by atoms with E-state index in [1.165, 1.54) is 5.56 Å². The highest BCUT2D eigenvalue weighted by molar-refractivity contribution is 7.79. The van der Waals surface area contributed by atoms with E-state index in [1.54, 1.807) is 12.1 Å². The molecular weight excluding hydrogens is 208 g/mol. The standard InChI is InChI=1S/C12H12O2S/c1-2-9-6-7-11-10(8-9)4-3-5-12(11)15(13)14/h3-8H,2H2,1H3,(H,13,14)/p-1. The van der Waals surface area contributed by atoms with E-state index < -0.39 is 11.1 Å². The molecule has 2 aromatic carbocycles. The second-order valence-electron chi connectivity index (χ2n) is 3.40. The zero-order valence-electron chi connectivity index (χ0n) is 8.40. The second-order valence-corrected chi connectivity index (χ2v) is 4.31. The van der Waals surface area contributed by atoms with Crippen LogP contribution in [0.25, 0.3) is 10.8 Å². The molecule has 2 rings (SSSR count). The van der Waals surface area contributed by atoms with Gasteiger partial charge in [0.1, 0.15) is 0 Å². The summed E-state index contributed by atoms with van der Waals surface area (Å²) in [5, 5.41) is 1.78. The summed E-state index contributed by atoms with van der Waals surface area (Å²) in [6.07, 6.45) is 0.959. The van der Waals surface area contributed by atoms with Gasteiger partial charge < -0.3 is 4.55 Å². The van der Waals surface area contributed by atoms with E-state index in [2.05, 4.69) is 6.92 Å². The van der Waals surface area contributed by atoms with Crippen molar-refractivity contribution in [3.8, 4) is 0 Å². The van der Waals surface area contributed by atoms with Crippen molar-refractivity contribution in [1.82, 2.24) is 0 Å². The third-order valence-electron chi connectivity index (χ3n) is 2.49. The Balaban J connectivity index is 2.72. The van der Waals surface area contributed by atoms with Crippen LogP contribution in [0.1, 0.15) is 12.5 Å². The molecule has 2 aromatic rings. The first kappa shape index (κ1) is 10.3. The van der Waals surface area contributed by atoms with Gasteiger partial charge in [-0.2, -0.15) is 0 Å². The molecule has 0 saturated carbocycles. The minimum atomic E-state index is -2.16. The lowest BCUT2D eigenvalue weighted by atomic mass is 10.1. The molecule has 0 aliphatic carbocycles. The first-order valence-electron chi connectivity index (χ1n) is 4.83. The third-order valence-corrected chi connectivity index (χ3v) is 3.21. The molecule has 0 bridgehead atoms. The predicted molar refractivity (Wildman–Crippen MR) is 60.5 cm³/mol. The van der Waals surface area contributed by atoms with Crippen molar-refractivity contribution in [1.29, 1.82) is 0 Å². The molecule has 2 nitrogen and oxygen atoms in total. The summed E-state index contributed by atoms with van der Waals surface area (Å²) in [5.74, 6) is 0. The van der Waals surface area contributed by atoms with Gasteiger partial charge >= 0.3 is 0 Å². The van der Waals surface area contributed by atoms with Crippen LogP contribution in [0.3, 0.4) is 0 Å². The van der Waals surface area contributed by atoms with Crippen LogP contribution in [0.15, 0.2) is 41.3 Å². The van der Waals surface area contributed by atoms with Crippen molar-refractivity contribution >= 4 is 21.9 Å². The van der Waals surface area contributed by atoms with Gasteiger partial charge in [0.05, 0.1) is 0 Å². The molecule has 78 valence electrons. The minimum Gasteiger partial charge on any atom is -0.768 e. The molecule has 0 saturated heterocycles. The Labute approximate surface area is 91.2 Å². The molecule has 0 N–H and O–H groups in total. The predicted octanol–water partition coefficient (Wildman–Crippen LogP) is 2.64. The zero-order valence-corrected chi connectivity index (χ0v) is 9.21. The minimum absolute atomic E-state index is 0.371. The highest BCUT2D eigenvalue weighted by Crippen LogP contribution is 2.22. The van der Waals surface area contributed by atoms with E-state index in [0.717, 1.165) is 17.2 Å². The van der Waals surface area contributed by atoms with Crippen LogP contribution in [0.2, 0.25) is 0 Å². The largest absolute Gasteiger partial charge is 0.768 e. The lowest BCUT2D eigenvalue weighted by molar-refractivity contribution is 0.538. The summed E-state index contributed by atoms with van der Waals surface area (Å²) < 4.78 is 21.9. The highest BCUT2D eigenvalue weighted by Gasteiger charge is 2.01. The fourth-order valence-corrected chi connectivity index (χ4v) is 2.22. The van der Waals surface area contributed by atoms with Gasteiger partial charge in [0.2, 0.25) is 0 Å². The number of hydrogen-bond donors (Lipinski definition) is 0. The van der Waals surface area contributed by atoms with Crippen molar-refractivity contribution in [3.05, 3.63) is 42.0 Å². The quantitative estimate of drug-likeness (QED) is 0.728. The normalized spacial score (nSPS) is 12.9. The van der Waals surface area contributed by atoms with Crippen LogP contribution in [-0.4, -0.2) is 8.76 Å². The zero-order chi connectivity index (χ0) is 10.8. The van der Waals surface area contributed by atoms with Gasteiger partial charge in [0.25, 0.3) is 0 Å². The van der Waals surface area contributed by atoms with Crippen molar-refractivity contribution in [2.24, 2.45) is 0 Å². The molecule has 0 aliphatic rings. The number of benzene rings is 2. The summed E-state index contributed by atoms with van der Waals surface area (Å²) >= 11 is -2.16. The summed E-state index contributed by atoms with van der Waals surface area (Å²) in [7, 11) is 0. The molecule has 3 heteroatoms. The fourth-order valence-electron chi connectivity index (χ4n) is 1.67. The fraction of sp³-hybridized carbons (Fsp3) is 0.167. The van der Waals surface area contributed by atoms with Crippen LogP contribution in [0, 0.1) is 0 Å². The molecule has 0 spiro atoms. The molecule has 0 amide bonds. The van der Waals surface area contributed by atoms with Gasteiger partial charge in [-0.1, -0.05) is 37.3 Å². The van der Waals surface area contributed by atoms with Crippen molar-refractivity contribution in [2.45, 2.75) is 18.2 Å². The maximum atomic E-state index is 11.0. The average molecular weight is 219 g/mol. The molecule has 15 heavy (non-hydrogen) atoms. The Bertz CT molecular complexity index is 520. The monoisotopic (exact) mass is 219 g/mol. The average Bonchev–Trinajstić information content (AvgIpc) is 2.27. The third kappa shape index (κ3) is 1.94. The summed E-state index contributed by atoms with van der Waals surface area (Å²) in [6, 6.07) is 11.2. The van der Waals surface area contributed by atoms with E-state index in [1.807, 2.05) is 24.3 Å². The summed E-state index contributed by atoms with van der Waals surface area (Å²) in [4.78, 5) is 0.371. The first-order valence-corrected chi connectivity index (χ1v) is 5.91. The Morgan fingerprint density at radius 2 is 2.07 bits per heavy atom. The molecule has 0 fully saturated rings. The van der Waals surface area contributed by atoms with E-state index in [-0.39, 0.29) is 0 Å². The second kappa shape index (κ2) is 4.13. The van der Waals surface area contributed by atoms with Crippen molar-refractivity contribution in [2.75, 3.05) is 0 Å². The highest BCUT2D eigenvalue weighted by atomic mass is 32.2. The number of rotatable bonds is 2. The Kier molecular flexibility index (Phi) is 2.84. The van der Waals surface area contributed by atoms with Crippen LogP contribution in [0.5, 0.6) is 0 Å². The van der Waals surface area contributed by atoms with Gasteiger partial charge in [-0.15, -0.1) is 0 Å². The molecular formula is C12H11O2S-. The lowest BCUT2D eigenvalue weighted by Gasteiger charge is -2.09. The Morgan fingerprint density at radius 1 is 1.27 bits per heavy atom. The maximum absolute atomic E-state index is 11.0. The SMILES string of the molecule is CCc1ccc2c(S(=O)[O-])cccc2c1. The van der Waals surface area contributed by atoms with Crippen LogP contribution in [0.4, 0.5) is 0 Å². The lowest BCUT2D eigenvalue weighted by Crippen LogP contribution is -1.91. The molecule has 0 aromatic heterocycles. The van der Waals surface area contributed by atoms with Gasteiger partial charge in [-0.05, 0) is 39.9 Å². The summed E-state index contributed by atoms with van der Waals surface area (Å²) in [5.41, 5.74) is 1.22. The topological polar surface area (TPSA) is 40.1 Å². The first-order chi connectivity index (χ1) is 7.22. The van der Waals surface area contributed by atoms with Crippen LogP contribution < -0.4 is 0 Å². The van der Waals surface area contributed by atoms with Crippen molar-refractivity contribution in [3.63, 3.8) is 0 Å². The Morgan fingerprint density at radius 3 is 2.73 bits per heavy atom. The smallest absolute Gasteiger partial charge is 0.0327 e. The molecule has 1 unspecified atom stereocenters. The molecule has 1 atom stereocenters. The van der Waals surface area contributed by atoms with E-state index in [0.29, 0.717) is 4.90 Å².